The Labute approximate surface area is 149 Å². The van der Waals surface area contributed by atoms with Gasteiger partial charge in [0.15, 0.2) is 0 Å². The summed E-state index contributed by atoms with van der Waals surface area (Å²) in [4.78, 5) is 22.7. The molecule has 0 bridgehead atoms. The quantitative estimate of drug-likeness (QED) is 0.759. The highest BCUT2D eigenvalue weighted by Gasteiger charge is 2.09. The van der Waals surface area contributed by atoms with E-state index < -0.39 is 0 Å². The summed E-state index contributed by atoms with van der Waals surface area (Å²) < 4.78 is 5.13. The molecule has 1 amide bonds. The second-order valence-corrected chi connectivity index (χ2v) is 5.90. The molecule has 0 spiro atoms. The number of aromatic nitrogens is 2. The van der Waals surface area contributed by atoms with Crippen LogP contribution in [0.3, 0.4) is 0 Å². The molecule has 0 aliphatic rings. The van der Waals surface area contributed by atoms with Crippen molar-refractivity contribution in [3.63, 3.8) is 0 Å². The molecule has 0 aliphatic heterocycles. The second-order valence-electron chi connectivity index (χ2n) is 5.90. The zero-order valence-electron chi connectivity index (χ0n) is 15.2. The number of hydrogen-bond donors (Lipinski definition) is 1. The van der Waals surface area contributed by atoms with Crippen LogP contribution in [0.4, 0.5) is 5.95 Å². The monoisotopic (exact) mass is 342 g/mol. The number of unbranched alkanes of at least 4 members (excludes halogenated alkanes) is 1. The average Bonchev–Trinajstić information content (AvgIpc) is 2.66. The Balaban J connectivity index is 1.81. The molecule has 1 aromatic carbocycles. The van der Waals surface area contributed by atoms with E-state index in [-0.39, 0.29) is 5.91 Å². The van der Waals surface area contributed by atoms with Crippen molar-refractivity contribution in [2.45, 2.75) is 26.2 Å². The van der Waals surface area contributed by atoms with Crippen molar-refractivity contribution >= 4 is 11.9 Å². The van der Waals surface area contributed by atoms with E-state index in [0.29, 0.717) is 18.1 Å². The number of carbonyl (C=O) groups is 1. The highest BCUT2D eigenvalue weighted by atomic mass is 16.5. The lowest BCUT2D eigenvalue weighted by Gasteiger charge is -2.16. The Morgan fingerprint density at radius 1 is 1.20 bits per heavy atom. The fourth-order valence-corrected chi connectivity index (χ4v) is 2.35. The molecule has 0 fully saturated rings. The van der Waals surface area contributed by atoms with Crippen LogP contribution in [-0.2, 0) is 6.42 Å². The molecule has 1 aromatic heterocycles. The zero-order chi connectivity index (χ0) is 18.1. The standard InChI is InChI=1S/C19H26N4O2/c1-4-5-12-23(2)19-21-13-16(14-22-19)18(24)20-11-10-15-6-8-17(25-3)9-7-15/h6-9,13-14H,4-5,10-12H2,1-3H3,(H,20,24). The Kier molecular flexibility index (Phi) is 7.19. The average molecular weight is 342 g/mol. The number of anilines is 1. The second kappa shape index (κ2) is 9.61. The number of nitrogens with one attached hydrogen (secondary N) is 1. The summed E-state index contributed by atoms with van der Waals surface area (Å²) in [5, 5.41) is 2.90. The van der Waals surface area contributed by atoms with E-state index in [4.69, 9.17) is 4.74 Å². The van der Waals surface area contributed by atoms with Crippen LogP contribution in [0, 0.1) is 0 Å². The van der Waals surface area contributed by atoms with E-state index in [1.165, 1.54) is 0 Å². The number of nitrogens with zero attached hydrogens (tertiary/aromatic N) is 3. The Morgan fingerprint density at radius 3 is 2.48 bits per heavy atom. The number of carbonyl (C=O) groups excluding carboxylic acids is 1. The first kappa shape index (κ1) is 18.7. The van der Waals surface area contributed by atoms with Gasteiger partial charge in [0.1, 0.15) is 5.75 Å². The third-order valence-electron chi connectivity index (χ3n) is 3.95. The van der Waals surface area contributed by atoms with Crippen LogP contribution >= 0.6 is 0 Å². The van der Waals surface area contributed by atoms with Gasteiger partial charge in [-0.25, -0.2) is 9.97 Å². The summed E-state index contributed by atoms with van der Waals surface area (Å²) in [6, 6.07) is 7.82. The van der Waals surface area contributed by atoms with Gasteiger partial charge in [0.05, 0.1) is 12.7 Å². The SMILES string of the molecule is CCCCN(C)c1ncc(C(=O)NCCc2ccc(OC)cc2)cn1. The van der Waals surface area contributed by atoms with Crippen LogP contribution in [-0.4, -0.2) is 43.1 Å². The number of hydrogen-bond acceptors (Lipinski definition) is 5. The molecule has 134 valence electrons. The largest absolute Gasteiger partial charge is 0.497 e. The first-order valence-corrected chi connectivity index (χ1v) is 8.58. The highest BCUT2D eigenvalue weighted by Crippen LogP contribution is 2.11. The summed E-state index contributed by atoms with van der Waals surface area (Å²) in [6.07, 6.45) is 6.13. The summed E-state index contributed by atoms with van der Waals surface area (Å²) in [6.45, 7) is 3.61. The van der Waals surface area contributed by atoms with Crippen molar-refractivity contribution in [2.75, 3.05) is 32.1 Å². The third-order valence-corrected chi connectivity index (χ3v) is 3.95. The maximum Gasteiger partial charge on any atom is 0.254 e. The van der Waals surface area contributed by atoms with Crippen molar-refractivity contribution in [3.8, 4) is 5.75 Å². The lowest BCUT2D eigenvalue weighted by Crippen LogP contribution is -2.26. The van der Waals surface area contributed by atoms with Crippen molar-refractivity contribution in [1.29, 1.82) is 0 Å². The lowest BCUT2D eigenvalue weighted by molar-refractivity contribution is 0.0953. The van der Waals surface area contributed by atoms with Gasteiger partial charge in [-0.1, -0.05) is 25.5 Å². The Hall–Kier alpha value is -2.63. The number of ether oxygens (including phenoxy) is 1. The van der Waals surface area contributed by atoms with E-state index in [0.717, 1.165) is 37.1 Å². The van der Waals surface area contributed by atoms with Gasteiger partial charge in [-0.05, 0) is 30.5 Å². The number of rotatable bonds is 9. The molecular weight excluding hydrogens is 316 g/mol. The predicted molar refractivity (Wildman–Crippen MR) is 99.2 cm³/mol. The zero-order valence-corrected chi connectivity index (χ0v) is 15.2. The summed E-state index contributed by atoms with van der Waals surface area (Å²) in [5.41, 5.74) is 1.62. The van der Waals surface area contributed by atoms with E-state index in [1.54, 1.807) is 19.5 Å². The van der Waals surface area contributed by atoms with Crippen LogP contribution in [0.5, 0.6) is 5.75 Å². The third kappa shape index (κ3) is 5.74. The van der Waals surface area contributed by atoms with Gasteiger partial charge >= 0.3 is 0 Å². The van der Waals surface area contributed by atoms with Crippen LogP contribution in [0.15, 0.2) is 36.7 Å². The molecule has 2 aromatic rings. The molecule has 0 atom stereocenters. The first-order chi connectivity index (χ1) is 12.1. The minimum absolute atomic E-state index is 0.156. The molecule has 0 radical (unpaired) electrons. The maximum atomic E-state index is 12.2. The highest BCUT2D eigenvalue weighted by molar-refractivity contribution is 5.93. The van der Waals surface area contributed by atoms with Crippen molar-refractivity contribution < 1.29 is 9.53 Å². The summed E-state index contributed by atoms with van der Waals surface area (Å²) in [7, 11) is 3.60. The number of methoxy groups -OCH3 is 1. The number of benzene rings is 1. The maximum absolute atomic E-state index is 12.2. The van der Waals surface area contributed by atoms with Gasteiger partial charge in [-0.3, -0.25) is 4.79 Å². The lowest BCUT2D eigenvalue weighted by atomic mass is 10.1. The number of amides is 1. The minimum atomic E-state index is -0.156. The van der Waals surface area contributed by atoms with E-state index in [2.05, 4.69) is 22.2 Å². The van der Waals surface area contributed by atoms with Crippen LogP contribution in [0.2, 0.25) is 0 Å². The summed E-state index contributed by atoms with van der Waals surface area (Å²) >= 11 is 0. The van der Waals surface area contributed by atoms with Crippen molar-refractivity contribution in [3.05, 3.63) is 47.8 Å². The van der Waals surface area contributed by atoms with E-state index in [1.807, 2.05) is 36.2 Å². The minimum Gasteiger partial charge on any atom is -0.497 e. The first-order valence-electron chi connectivity index (χ1n) is 8.58. The van der Waals surface area contributed by atoms with Gasteiger partial charge in [0, 0.05) is 32.5 Å². The van der Waals surface area contributed by atoms with Gasteiger partial charge in [0.25, 0.3) is 5.91 Å². The molecular formula is C19H26N4O2. The normalized spacial score (nSPS) is 10.4. The predicted octanol–water partition coefficient (Wildman–Crippen LogP) is 2.69. The molecule has 0 saturated heterocycles. The smallest absolute Gasteiger partial charge is 0.254 e. The molecule has 0 aliphatic carbocycles. The van der Waals surface area contributed by atoms with Gasteiger partial charge in [-0.2, -0.15) is 0 Å². The van der Waals surface area contributed by atoms with Crippen molar-refractivity contribution in [2.24, 2.45) is 0 Å². The van der Waals surface area contributed by atoms with Crippen LogP contribution in [0.25, 0.3) is 0 Å². The Bertz CT molecular complexity index is 656. The molecule has 1 heterocycles. The fourth-order valence-electron chi connectivity index (χ4n) is 2.35. The van der Waals surface area contributed by atoms with Crippen LogP contribution < -0.4 is 15.0 Å². The van der Waals surface area contributed by atoms with Crippen molar-refractivity contribution in [1.82, 2.24) is 15.3 Å². The van der Waals surface area contributed by atoms with Gasteiger partial charge < -0.3 is 15.0 Å². The molecule has 0 saturated carbocycles. The topological polar surface area (TPSA) is 67.4 Å². The molecule has 0 unspecified atom stereocenters. The molecule has 6 nitrogen and oxygen atoms in total. The fraction of sp³-hybridized carbons (Fsp3) is 0.421. The van der Waals surface area contributed by atoms with Crippen LogP contribution in [0.1, 0.15) is 35.7 Å². The molecule has 25 heavy (non-hydrogen) atoms. The Morgan fingerprint density at radius 2 is 1.88 bits per heavy atom. The van der Waals surface area contributed by atoms with E-state index in [9.17, 15) is 4.79 Å². The van der Waals surface area contributed by atoms with Gasteiger partial charge in [0.2, 0.25) is 5.95 Å². The molecule has 1 N–H and O–H groups in total. The molecule has 2 rings (SSSR count). The van der Waals surface area contributed by atoms with E-state index >= 15 is 0 Å². The summed E-state index contributed by atoms with van der Waals surface area (Å²) in [5.74, 6) is 1.31. The van der Waals surface area contributed by atoms with Gasteiger partial charge in [-0.15, -0.1) is 0 Å². The molecule has 6 heteroatoms.